The van der Waals surface area contributed by atoms with Crippen LogP contribution in [0.15, 0.2) is 36.4 Å². The Kier molecular flexibility index (Phi) is 2.79. The van der Waals surface area contributed by atoms with Gasteiger partial charge in [0, 0.05) is 25.2 Å². The Morgan fingerprint density at radius 2 is 1.10 bits per heavy atom. The fourth-order valence-electron chi connectivity index (χ4n) is 2.59. The average molecular weight is 266 g/mol. The van der Waals surface area contributed by atoms with E-state index >= 15 is 0 Å². The van der Waals surface area contributed by atoms with Crippen LogP contribution in [0.1, 0.15) is 20.7 Å². The summed E-state index contributed by atoms with van der Waals surface area (Å²) in [7, 11) is 3.92. The highest BCUT2D eigenvalue weighted by Gasteiger charge is 2.24. The van der Waals surface area contributed by atoms with Crippen molar-refractivity contribution < 1.29 is 9.59 Å². The highest BCUT2D eigenvalue weighted by molar-refractivity contribution is 5.96. The van der Waals surface area contributed by atoms with Gasteiger partial charge < -0.3 is 9.80 Å². The third-order valence-corrected chi connectivity index (χ3v) is 3.72. The van der Waals surface area contributed by atoms with E-state index in [0.29, 0.717) is 11.1 Å². The summed E-state index contributed by atoms with van der Waals surface area (Å²) in [5.74, 6) is 0. The zero-order chi connectivity index (χ0) is 14.3. The van der Waals surface area contributed by atoms with Crippen LogP contribution in [-0.2, 0) is 0 Å². The van der Waals surface area contributed by atoms with Crippen molar-refractivity contribution in [3.05, 3.63) is 47.5 Å². The molecule has 0 atom stereocenters. The first-order valence-corrected chi connectivity index (χ1v) is 6.31. The molecule has 0 amide bonds. The van der Waals surface area contributed by atoms with E-state index in [1.54, 1.807) is 12.1 Å². The van der Waals surface area contributed by atoms with E-state index in [9.17, 15) is 9.59 Å². The number of carbonyl (C=O) groups excluding carboxylic acids is 2. The van der Waals surface area contributed by atoms with Gasteiger partial charge in [0.05, 0.1) is 22.7 Å². The minimum absolute atomic E-state index is 0.650. The van der Waals surface area contributed by atoms with Gasteiger partial charge in [-0.25, -0.2) is 0 Å². The molecular weight excluding hydrogens is 252 g/mol. The highest BCUT2D eigenvalue weighted by atomic mass is 16.1. The van der Waals surface area contributed by atoms with Gasteiger partial charge in [-0.3, -0.25) is 9.59 Å². The number of nitrogens with zero attached hydrogens (tertiary/aromatic N) is 2. The maximum Gasteiger partial charge on any atom is 0.150 e. The molecule has 100 valence electrons. The molecule has 0 N–H and O–H groups in total. The van der Waals surface area contributed by atoms with Gasteiger partial charge in [-0.1, -0.05) is 0 Å². The van der Waals surface area contributed by atoms with E-state index < -0.39 is 0 Å². The standard InChI is InChI=1S/C16H14N2O2/c1-17-13-5-3-12(10-20)8-16(13)18(2)14-6-4-11(9-19)7-15(14)17/h3-10H,1-2H3. The Morgan fingerprint density at radius 3 is 1.45 bits per heavy atom. The van der Waals surface area contributed by atoms with Crippen LogP contribution in [0.4, 0.5) is 22.7 Å². The lowest BCUT2D eigenvalue weighted by molar-refractivity contribution is 0.111. The number of hydrogen-bond acceptors (Lipinski definition) is 4. The van der Waals surface area contributed by atoms with Gasteiger partial charge in [-0.2, -0.15) is 0 Å². The summed E-state index contributed by atoms with van der Waals surface area (Å²) in [6, 6.07) is 11.2. The summed E-state index contributed by atoms with van der Waals surface area (Å²) in [5.41, 5.74) is 5.27. The van der Waals surface area contributed by atoms with Crippen LogP contribution in [0.25, 0.3) is 0 Å². The van der Waals surface area contributed by atoms with Gasteiger partial charge in [0.15, 0.2) is 0 Å². The second-order valence-corrected chi connectivity index (χ2v) is 4.85. The predicted molar refractivity (Wildman–Crippen MR) is 79.8 cm³/mol. The second-order valence-electron chi connectivity index (χ2n) is 4.85. The Labute approximate surface area is 117 Å². The van der Waals surface area contributed by atoms with Crippen molar-refractivity contribution in [3.8, 4) is 0 Å². The number of carbonyl (C=O) groups is 2. The zero-order valence-electron chi connectivity index (χ0n) is 11.3. The maximum absolute atomic E-state index is 10.9. The van der Waals surface area contributed by atoms with Crippen LogP contribution >= 0.6 is 0 Å². The first kappa shape index (κ1) is 12.4. The van der Waals surface area contributed by atoms with Crippen molar-refractivity contribution >= 4 is 35.3 Å². The summed E-state index contributed by atoms with van der Waals surface area (Å²) in [6.07, 6.45) is 1.69. The summed E-state index contributed by atoms with van der Waals surface area (Å²) >= 11 is 0. The lowest BCUT2D eigenvalue weighted by Crippen LogP contribution is -2.24. The molecule has 0 spiro atoms. The van der Waals surface area contributed by atoms with E-state index in [4.69, 9.17) is 0 Å². The van der Waals surface area contributed by atoms with Gasteiger partial charge in [0.2, 0.25) is 0 Å². The highest BCUT2D eigenvalue weighted by Crippen LogP contribution is 2.46. The molecule has 0 aromatic heterocycles. The lowest BCUT2D eigenvalue weighted by Gasteiger charge is -2.36. The summed E-state index contributed by atoms with van der Waals surface area (Å²) < 4.78 is 0. The van der Waals surface area contributed by atoms with Crippen molar-refractivity contribution in [2.75, 3.05) is 23.9 Å². The Hall–Kier alpha value is -2.62. The molecule has 2 aromatic carbocycles. The van der Waals surface area contributed by atoms with Crippen LogP contribution in [0.3, 0.4) is 0 Å². The van der Waals surface area contributed by atoms with E-state index in [2.05, 4.69) is 0 Å². The molecule has 0 saturated carbocycles. The predicted octanol–water partition coefficient (Wildman–Crippen LogP) is 3.16. The lowest BCUT2D eigenvalue weighted by atomic mass is 10.0. The molecule has 0 bridgehead atoms. The quantitative estimate of drug-likeness (QED) is 0.783. The van der Waals surface area contributed by atoms with Gasteiger partial charge in [-0.05, 0) is 36.4 Å². The molecule has 4 nitrogen and oxygen atoms in total. The average Bonchev–Trinajstić information content (AvgIpc) is 2.51. The third kappa shape index (κ3) is 1.69. The fraction of sp³-hybridized carbons (Fsp3) is 0.125. The summed E-state index contributed by atoms with van der Waals surface area (Å²) in [4.78, 5) is 25.9. The molecule has 0 saturated heterocycles. The molecule has 20 heavy (non-hydrogen) atoms. The Balaban J connectivity index is 2.21. The summed E-state index contributed by atoms with van der Waals surface area (Å²) in [5, 5.41) is 0. The number of anilines is 4. The minimum atomic E-state index is 0.650. The smallest absolute Gasteiger partial charge is 0.150 e. The van der Waals surface area contributed by atoms with Crippen LogP contribution in [-0.4, -0.2) is 26.7 Å². The second kappa shape index (κ2) is 4.49. The molecule has 2 aromatic rings. The SMILES string of the molecule is CN1c2ccc(C=O)cc2N(C)c2ccc(C=O)cc21. The molecule has 1 heterocycles. The topological polar surface area (TPSA) is 40.6 Å². The van der Waals surface area contributed by atoms with Gasteiger partial charge in [-0.15, -0.1) is 0 Å². The van der Waals surface area contributed by atoms with Gasteiger partial charge in [0.1, 0.15) is 12.6 Å². The molecule has 1 aliphatic rings. The number of hydrogen-bond donors (Lipinski definition) is 0. The van der Waals surface area contributed by atoms with E-state index in [-0.39, 0.29) is 0 Å². The molecule has 4 heteroatoms. The first-order chi connectivity index (χ1) is 9.65. The van der Waals surface area contributed by atoms with Crippen LogP contribution in [0.2, 0.25) is 0 Å². The molecule has 0 fully saturated rings. The first-order valence-electron chi connectivity index (χ1n) is 6.31. The molecule has 0 unspecified atom stereocenters. The van der Waals surface area contributed by atoms with E-state index in [0.717, 1.165) is 35.3 Å². The molecule has 1 aliphatic heterocycles. The van der Waals surface area contributed by atoms with Crippen molar-refractivity contribution in [2.45, 2.75) is 0 Å². The monoisotopic (exact) mass is 266 g/mol. The largest absolute Gasteiger partial charge is 0.341 e. The van der Waals surface area contributed by atoms with Crippen molar-refractivity contribution in [1.82, 2.24) is 0 Å². The number of fused-ring (bicyclic) bond motifs is 2. The normalized spacial score (nSPS) is 12.7. The minimum Gasteiger partial charge on any atom is -0.341 e. The molecule has 0 radical (unpaired) electrons. The fourth-order valence-corrected chi connectivity index (χ4v) is 2.59. The summed E-state index contributed by atoms with van der Waals surface area (Å²) in [6.45, 7) is 0. The number of aldehydes is 2. The van der Waals surface area contributed by atoms with E-state index in [1.165, 1.54) is 0 Å². The molecular formula is C16H14N2O2. The van der Waals surface area contributed by atoms with Crippen molar-refractivity contribution in [2.24, 2.45) is 0 Å². The number of rotatable bonds is 2. The van der Waals surface area contributed by atoms with Gasteiger partial charge >= 0.3 is 0 Å². The Bertz CT molecular complexity index is 648. The van der Waals surface area contributed by atoms with Crippen LogP contribution in [0.5, 0.6) is 0 Å². The Morgan fingerprint density at radius 1 is 0.700 bits per heavy atom. The maximum atomic E-state index is 10.9. The van der Waals surface area contributed by atoms with E-state index in [1.807, 2.05) is 48.2 Å². The van der Waals surface area contributed by atoms with Crippen molar-refractivity contribution in [1.29, 1.82) is 0 Å². The zero-order valence-corrected chi connectivity index (χ0v) is 11.3. The van der Waals surface area contributed by atoms with Crippen molar-refractivity contribution in [3.63, 3.8) is 0 Å². The van der Waals surface area contributed by atoms with Crippen LogP contribution < -0.4 is 9.80 Å². The third-order valence-electron chi connectivity index (χ3n) is 3.72. The number of benzene rings is 2. The molecule has 3 rings (SSSR count). The molecule has 0 aliphatic carbocycles. The van der Waals surface area contributed by atoms with Crippen LogP contribution in [0, 0.1) is 0 Å². The van der Waals surface area contributed by atoms with Gasteiger partial charge in [0.25, 0.3) is 0 Å².